The minimum atomic E-state index is -0.291. The summed E-state index contributed by atoms with van der Waals surface area (Å²) in [5, 5.41) is 9.37. The summed E-state index contributed by atoms with van der Waals surface area (Å²) in [7, 11) is 0. The maximum Gasteiger partial charge on any atom is 0.173 e. The first-order valence-corrected chi connectivity index (χ1v) is 7.48. The molecule has 1 aromatic rings. The highest BCUT2D eigenvalue weighted by Crippen LogP contribution is 2.55. The van der Waals surface area contributed by atoms with Gasteiger partial charge in [0.1, 0.15) is 5.75 Å². The van der Waals surface area contributed by atoms with E-state index in [0.717, 1.165) is 24.0 Å². The van der Waals surface area contributed by atoms with Crippen LogP contribution in [-0.4, -0.2) is 15.8 Å². The van der Waals surface area contributed by atoms with Gasteiger partial charge in [0.2, 0.25) is 0 Å². The Labute approximate surface area is 125 Å². The monoisotopic (exact) mass is 340 g/mol. The Hall–Kier alpha value is -0.800. The molecule has 0 spiro atoms. The number of ketones is 1. The van der Waals surface area contributed by atoms with Gasteiger partial charge in [0.05, 0.1) is 4.48 Å². The predicted octanol–water partition coefficient (Wildman–Crippen LogP) is 4.10. The number of fused-ring (bicyclic) bond motifs is 1. The molecule has 0 aromatic heterocycles. The van der Waals surface area contributed by atoms with E-state index >= 15 is 0 Å². The molecule has 2 unspecified atom stereocenters. The number of hydrogen-bond donors (Lipinski definition) is 1. The van der Waals surface area contributed by atoms with Crippen LogP contribution >= 0.6 is 27.5 Å². The van der Waals surface area contributed by atoms with Gasteiger partial charge < -0.3 is 5.11 Å². The van der Waals surface area contributed by atoms with Gasteiger partial charge in [-0.15, -0.1) is 11.6 Å². The highest BCUT2D eigenvalue weighted by molar-refractivity contribution is 9.12. The van der Waals surface area contributed by atoms with Gasteiger partial charge in [-0.25, -0.2) is 0 Å². The predicted molar refractivity (Wildman–Crippen MR) is 79.4 cm³/mol. The van der Waals surface area contributed by atoms with E-state index in [-0.39, 0.29) is 28.2 Å². The van der Waals surface area contributed by atoms with Crippen LogP contribution in [0.25, 0.3) is 5.57 Å². The molecule has 2 nitrogen and oxygen atoms in total. The molecule has 3 atom stereocenters. The number of hydrogen-bond acceptors (Lipinski definition) is 2. The summed E-state index contributed by atoms with van der Waals surface area (Å²) in [4.78, 5) is 12.0. The van der Waals surface area contributed by atoms with Crippen molar-refractivity contribution in [3.63, 3.8) is 0 Å². The van der Waals surface area contributed by atoms with Gasteiger partial charge in [-0.2, -0.15) is 0 Å². The van der Waals surface area contributed by atoms with E-state index in [1.54, 1.807) is 12.1 Å². The van der Waals surface area contributed by atoms with Crippen LogP contribution in [0.3, 0.4) is 0 Å². The molecule has 1 saturated carbocycles. The van der Waals surface area contributed by atoms with Crippen molar-refractivity contribution in [3.8, 4) is 5.75 Å². The number of phenols is 1. The summed E-state index contributed by atoms with van der Waals surface area (Å²) in [5.74, 6) is 0.585. The first kappa shape index (κ1) is 13.2. The van der Waals surface area contributed by atoms with Gasteiger partial charge in [0, 0.05) is 10.8 Å². The number of rotatable bonds is 1. The zero-order chi connectivity index (χ0) is 13.8. The molecular formula is C15H14BrClO2. The van der Waals surface area contributed by atoms with Crippen molar-refractivity contribution in [1.29, 1.82) is 0 Å². The molecular weight excluding hydrogens is 328 g/mol. The Kier molecular flexibility index (Phi) is 3.02. The third kappa shape index (κ3) is 2.13. The quantitative estimate of drug-likeness (QED) is 0.781. The van der Waals surface area contributed by atoms with Crippen molar-refractivity contribution in [1.82, 2.24) is 0 Å². The van der Waals surface area contributed by atoms with Gasteiger partial charge >= 0.3 is 0 Å². The van der Waals surface area contributed by atoms with Crippen molar-refractivity contribution >= 4 is 38.9 Å². The molecule has 1 N–H and O–H groups in total. The van der Waals surface area contributed by atoms with Gasteiger partial charge in [-0.05, 0) is 64.9 Å². The maximum absolute atomic E-state index is 12.3. The summed E-state index contributed by atoms with van der Waals surface area (Å²) in [6.45, 7) is 2.00. The molecule has 0 bridgehead atoms. The summed E-state index contributed by atoms with van der Waals surface area (Å²) in [6.07, 6.45) is 1.55. The topological polar surface area (TPSA) is 37.3 Å². The number of Topliss-reactive ketones (excluding diaryl/α,β-unsaturated/α-hetero) is 1. The molecule has 0 radical (unpaired) electrons. The van der Waals surface area contributed by atoms with Crippen LogP contribution in [0.1, 0.15) is 25.3 Å². The van der Waals surface area contributed by atoms with Crippen LogP contribution < -0.4 is 0 Å². The molecule has 2 aliphatic carbocycles. The highest BCUT2D eigenvalue weighted by Gasteiger charge is 2.51. The van der Waals surface area contributed by atoms with E-state index < -0.39 is 0 Å². The van der Waals surface area contributed by atoms with E-state index in [1.807, 2.05) is 19.1 Å². The van der Waals surface area contributed by atoms with E-state index in [9.17, 15) is 9.90 Å². The molecule has 4 heteroatoms. The molecule has 1 fully saturated rings. The minimum absolute atomic E-state index is 0.000628. The molecule has 0 heterocycles. The number of carbonyl (C=O) groups excluding carboxylic acids is 1. The van der Waals surface area contributed by atoms with Crippen LogP contribution in [0.2, 0.25) is 0 Å². The number of halogens is 2. The van der Waals surface area contributed by atoms with Gasteiger partial charge in [0.15, 0.2) is 5.78 Å². The molecule has 0 saturated heterocycles. The van der Waals surface area contributed by atoms with Crippen LogP contribution in [0.15, 0.2) is 28.7 Å². The lowest BCUT2D eigenvalue weighted by atomic mass is 9.90. The van der Waals surface area contributed by atoms with E-state index in [2.05, 4.69) is 15.9 Å². The molecule has 19 heavy (non-hydrogen) atoms. The van der Waals surface area contributed by atoms with Crippen molar-refractivity contribution < 1.29 is 9.90 Å². The Bertz CT molecular complexity index is 574. The summed E-state index contributed by atoms with van der Waals surface area (Å²) >= 11 is 9.87. The maximum atomic E-state index is 12.3. The molecule has 0 aliphatic heterocycles. The third-order valence-corrected chi connectivity index (χ3v) is 5.24. The second-order valence-electron chi connectivity index (χ2n) is 5.67. The Balaban J connectivity index is 2.05. The van der Waals surface area contributed by atoms with Gasteiger partial charge in [-0.3, -0.25) is 4.79 Å². The number of alkyl halides is 1. The molecule has 3 rings (SSSR count). The second-order valence-corrected chi connectivity index (χ2v) is 7.38. The second kappa shape index (κ2) is 4.35. The molecule has 0 amide bonds. The first-order valence-electron chi connectivity index (χ1n) is 6.31. The smallest absolute Gasteiger partial charge is 0.173 e. The van der Waals surface area contributed by atoms with E-state index in [0.29, 0.717) is 4.48 Å². The summed E-state index contributed by atoms with van der Waals surface area (Å²) in [6, 6.07) is 7.00. The molecule has 2 aliphatic rings. The minimum Gasteiger partial charge on any atom is -0.508 e. The average Bonchev–Trinajstić information content (AvgIpc) is 2.76. The Morgan fingerprint density at radius 3 is 2.47 bits per heavy atom. The zero-order valence-corrected chi connectivity index (χ0v) is 12.8. The fourth-order valence-corrected chi connectivity index (χ4v) is 4.45. The lowest BCUT2D eigenvalue weighted by Gasteiger charge is -2.17. The number of phenolic OH excluding ortho intramolecular Hbond substituents is 1. The van der Waals surface area contributed by atoms with Gasteiger partial charge in [0.25, 0.3) is 0 Å². The first-order chi connectivity index (χ1) is 8.89. The SMILES string of the molecule is C[C@]1(Cl)CC2C(=O)C(Br)=C(c3ccc(O)cc3)C2C1. The van der Waals surface area contributed by atoms with Gasteiger partial charge in [-0.1, -0.05) is 12.1 Å². The standard InChI is InChI=1S/C15H14BrClO2/c1-15(17)6-10-11(7-15)14(19)13(16)12(10)8-2-4-9(18)5-3-8/h2-5,10-11,18H,6-7H2,1H3/t10?,11?,15-/m1/s1. The largest absolute Gasteiger partial charge is 0.508 e. The third-order valence-electron chi connectivity index (χ3n) is 4.12. The van der Waals surface area contributed by atoms with E-state index in [1.165, 1.54) is 0 Å². The number of aromatic hydroxyl groups is 1. The van der Waals surface area contributed by atoms with Crippen molar-refractivity contribution in [2.45, 2.75) is 24.6 Å². The Morgan fingerprint density at radius 2 is 1.84 bits per heavy atom. The normalized spacial score (nSPS) is 33.9. The fraction of sp³-hybridized carbons (Fsp3) is 0.400. The number of benzene rings is 1. The van der Waals surface area contributed by atoms with Crippen LogP contribution in [0.5, 0.6) is 5.75 Å². The summed E-state index contributed by atoms with van der Waals surface area (Å²) in [5.41, 5.74) is 2.03. The summed E-state index contributed by atoms with van der Waals surface area (Å²) < 4.78 is 0.681. The fourth-order valence-electron chi connectivity index (χ4n) is 3.30. The van der Waals surface area contributed by atoms with Crippen molar-refractivity contribution in [3.05, 3.63) is 34.3 Å². The van der Waals surface area contributed by atoms with Crippen molar-refractivity contribution in [2.75, 3.05) is 0 Å². The van der Waals surface area contributed by atoms with Crippen LogP contribution in [0, 0.1) is 11.8 Å². The molecule has 100 valence electrons. The van der Waals surface area contributed by atoms with Crippen molar-refractivity contribution in [2.24, 2.45) is 11.8 Å². The van der Waals surface area contributed by atoms with Crippen LogP contribution in [-0.2, 0) is 4.79 Å². The number of allylic oxidation sites excluding steroid dienone is 2. The Morgan fingerprint density at radius 1 is 1.26 bits per heavy atom. The van der Waals surface area contributed by atoms with E-state index in [4.69, 9.17) is 11.6 Å². The lowest BCUT2D eigenvalue weighted by Crippen LogP contribution is -2.14. The lowest BCUT2D eigenvalue weighted by molar-refractivity contribution is -0.118. The average molecular weight is 342 g/mol. The molecule has 1 aromatic carbocycles. The highest BCUT2D eigenvalue weighted by atomic mass is 79.9. The zero-order valence-electron chi connectivity index (χ0n) is 10.5. The van der Waals surface area contributed by atoms with Crippen LogP contribution in [0.4, 0.5) is 0 Å². The number of carbonyl (C=O) groups is 1.